The molecule has 0 spiro atoms. The van der Waals surface area contributed by atoms with Gasteiger partial charge in [-0.15, -0.1) is 10.2 Å². The fourth-order valence-corrected chi connectivity index (χ4v) is 2.65. The Bertz CT molecular complexity index is 779. The highest BCUT2D eigenvalue weighted by atomic mass is 79.9. The number of hydrogen-bond acceptors (Lipinski definition) is 3. The standard InChI is InChI=1S/C16H15BrN4/c1-11-7-8-12(2)13(9-11)10-21-19-16(18-20-21)14-5-3-4-6-15(14)17/h3-9H,10H2,1-2H3. The van der Waals surface area contributed by atoms with E-state index in [1.165, 1.54) is 16.7 Å². The lowest BCUT2D eigenvalue weighted by Crippen LogP contribution is -2.05. The molecular weight excluding hydrogens is 328 g/mol. The van der Waals surface area contributed by atoms with E-state index in [1.807, 2.05) is 24.3 Å². The fourth-order valence-electron chi connectivity index (χ4n) is 2.18. The number of rotatable bonds is 3. The van der Waals surface area contributed by atoms with Gasteiger partial charge in [0.1, 0.15) is 0 Å². The average molecular weight is 343 g/mol. The smallest absolute Gasteiger partial charge is 0.159 e. The number of aromatic nitrogens is 4. The molecule has 21 heavy (non-hydrogen) atoms. The molecule has 0 fully saturated rings. The first-order valence-electron chi connectivity index (χ1n) is 6.72. The third-order valence-corrected chi connectivity index (χ3v) is 4.08. The topological polar surface area (TPSA) is 43.6 Å². The van der Waals surface area contributed by atoms with Gasteiger partial charge in [-0.2, -0.15) is 4.80 Å². The number of tetrazole rings is 1. The van der Waals surface area contributed by atoms with Crippen molar-refractivity contribution in [3.05, 3.63) is 63.6 Å². The second kappa shape index (κ2) is 5.77. The van der Waals surface area contributed by atoms with E-state index >= 15 is 0 Å². The molecule has 0 aliphatic rings. The molecule has 0 radical (unpaired) electrons. The second-order valence-corrected chi connectivity index (χ2v) is 5.91. The summed E-state index contributed by atoms with van der Waals surface area (Å²) in [4.78, 5) is 1.64. The molecule has 3 rings (SSSR count). The zero-order valence-electron chi connectivity index (χ0n) is 11.9. The normalized spacial score (nSPS) is 10.8. The maximum Gasteiger partial charge on any atom is 0.206 e. The highest BCUT2D eigenvalue weighted by Gasteiger charge is 2.10. The predicted molar refractivity (Wildman–Crippen MR) is 86.0 cm³/mol. The third kappa shape index (κ3) is 3.03. The number of halogens is 1. The van der Waals surface area contributed by atoms with E-state index < -0.39 is 0 Å². The van der Waals surface area contributed by atoms with E-state index in [4.69, 9.17) is 0 Å². The van der Waals surface area contributed by atoms with Crippen LogP contribution in [0.5, 0.6) is 0 Å². The van der Waals surface area contributed by atoms with Crippen LogP contribution in [0.3, 0.4) is 0 Å². The molecule has 0 bridgehead atoms. The van der Waals surface area contributed by atoms with Gasteiger partial charge in [0.15, 0.2) is 0 Å². The summed E-state index contributed by atoms with van der Waals surface area (Å²) in [6.07, 6.45) is 0. The Morgan fingerprint density at radius 3 is 2.71 bits per heavy atom. The molecule has 106 valence electrons. The van der Waals surface area contributed by atoms with Crippen molar-refractivity contribution in [2.75, 3.05) is 0 Å². The summed E-state index contributed by atoms with van der Waals surface area (Å²) in [7, 11) is 0. The zero-order valence-corrected chi connectivity index (χ0v) is 13.5. The quantitative estimate of drug-likeness (QED) is 0.727. The molecule has 0 aliphatic carbocycles. The van der Waals surface area contributed by atoms with Crippen LogP contribution in [0.15, 0.2) is 46.9 Å². The Morgan fingerprint density at radius 1 is 1.10 bits per heavy atom. The van der Waals surface area contributed by atoms with Crippen LogP contribution in [0.4, 0.5) is 0 Å². The molecule has 2 aromatic carbocycles. The monoisotopic (exact) mass is 342 g/mol. The minimum absolute atomic E-state index is 0.630. The SMILES string of the molecule is Cc1ccc(C)c(Cn2nnc(-c3ccccc3Br)n2)c1. The lowest BCUT2D eigenvalue weighted by Gasteiger charge is -2.05. The highest BCUT2D eigenvalue weighted by Crippen LogP contribution is 2.24. The van der Waals surface area contributed by atoms with Crippen LogP contribution in [0, 0.1) is 13.8 Å². The fraction of sp³-hybridized carbons (Fsp3) is 0.188. The van der Waals surface area contributed by atoms with Crippen LogP contribution in [0.1, 0.15) is 16.7 Å². The summed E-state index contributed by atoms with van der Waals surface area (Å²) >= 11 is 3.51. The molecule has 0 saturated heterocycles. The minimum atomic E-state index is 0.630. The highest BCUT2D eigenvalue weighted by molar-refractivity contribution is 9.10. The maximum absolute atomic E-state index is 4.47. The first kappa shape index (κ1) is 13.9. The molecular formula is C16H15BrN4. The van der Waals surface area contributed by atoms with Crippen LogP contribution in [0.25, 0.3) is 11.4 Å². The van der Waals surface area contributed by atoms with Gasteiger partial charge in [-0.1, -0.05) is 51.8 Å². The van der Waals surface area contributed by atoms with Gasteiger partial charge >= 0.3 is 0 Å². The number of benzene rings is 2. The lowest BCUT2D eigenvalue weighted by atomic mass is 10.1. The Kier molecular flexibility index (Phi) is 3.84. The van der Waals surface area contributed by atoms with E-state index in [9.17, 15) is 0 Å². The second-order valence-electron chi connectivity index (χ2n) is 5.05. The van der Waals surface area contributed by atoms with E-state index in [-0.39, 0.29) is 0 Å². The van der Waals surface area contributed by atoms with Gasteiger partial charge in [0.25, 0.3) is 0 Å². The van der Waals surface area contributed by atoms with Gasteiger partial charge in [0.05, 0.1) is 6.54 Å². The van der Waals surface area contributed by atoms with E-state index in [0.29, 0.717) is 12.4 Å². The van der Waals surface area contributed by atoms with Crippen molar-refractivity contribution >= 4 is 15.9 Å². The van der Waals surface area contributed by atoms with Gasteiger partial charge in [-0.25, -0.2) is 0 Å². The largest absolute Gasteiger partial charge is 0.206 e. The summed E-state index contributed by atoms with van der Waals surface area (Å²) in [6, 6.07) is 14.3. The van der Waals surface area contributed by atoms with Gasteiger partial charge < -0.3 is 0 Å². The third-order valence-electron chi connectivity index (χ3n) is 3.38. The van der Waals surface area contributed by atoms with Crippen LogP contribution < -0.4 is 0 Å². The molecule has 5 heteroatoms. The number of aryl methyl sites for hydroxylation is 2. The molecule has 0 N–H and O–H groups in total. The molecule has 0 atom stereocenters. The van der Waals surface area contributed by atoms with Gasteiger partial charge in [-0.05, 0) is 42.3 Å². The van der Waals surface area contributed by atoms with Crippen molar-refractivity contribution in [3.8, 4) is 11.4 Å². The first-order valence-corrected chi connectivity index (χ1v) is 7.51. The summed E-state index contributed by atoms with van der Waals surface area (Å²) in [5.41, 5.74) is 4.64. The van der Waals surface area contributed by atoms with E-state index in [0.717, 1.165) is 10.0 Å². The molecule has 0 saturated carbocycles. The van der Waals surface area contributed by atoms with Gasteiger partial charge in [-0.3, -0.25) is 0 Å². The molecule has 1 heterocycles. The Balaban J connectivity index is 1.89. The molecule has 1 aromatic heterocycles. The summed E-state index contributed by atoms with van der Waals surface area (Å²) < 4.78 is 0.969. The summed E-state index contributed by atoms with van der Waals surface area (Å²) in [5, 5.41) is 12.8. The van der Waals surface area contributed by atoms with Crippen LogP contribution >= 0.6 is 15.9 Å². The summed E-state index contributed by atoms with van der Waals surface area (Å²) in [5.74, 6) is 0.632. The summed E-state index contributed by atoms with van der Waals surface area (Å²) in [6.45, 7) is 4.82. The van der Waals surface area contributed by atoms with E-state index in [1.54, 1.807) is 4.80 Å². The average Bonchev–Trinajstić information content (AvgIpc) is 2.92. The molecule has 0 amide bonds. The Labute approximate surface area is 131 Å². The van der Waals surface area contributed by atoms with Crippen molar-refractivity contribution in [1.29, 1.82) is 0 Å². The Hall–Kier alpha value is -2.01. The lowest BCUT2D eigenvalue weighted by molar-refractivity contribution is 0.571. The van der Waals surface area contributed by atoms with Gasteiger partial charge in [0.2, 0.25) is 5.82 Å². The van der Waals surface area contributed by atoms with Crippen LogP contribution in [-0.4, -0.2) is 20.2 Å². The zero-order chi connectivity index (χ0) is 14.8. The van der Waals surface area contributed by atoms with Crippen molar-refractivity contribution < 1.29 is 0 Å². The number of hydrogen-bond donors (Lipinski definition) is 0. The van der Waals surface area contributed by atoms with Crippen molar-refractivity contribution in [3.63, 3.8) is 0 Å². The Morgan fingerprint density at radius 2 is 1.90 bits per heavy atom. The molecule has 3 aromatic rings. The predicted octanol–water partition coefficient (Wildman–Crippen LogP) is 3.77. The van der Waals surface area contributed by atoms with Crippen LogP contribution in [0.2, 0.25) is 0 Å². The molecule has 0 aliphatic heterocycles. The van der Waals surface area contributed by atoms with Crippen LogP contribution in [-0.2, 0) is 6.54 Å². The van der Waals surface area contributed by atoms with Crippen molar-refractivity contribution in [2.45, 2.75) is 20.4 Å². The molecule has 4 nitrogen and oxygen atoms in total. The maximum atomic E-state index is 4.47. The molecule has 0 unspecified atom stereocenters. The van der Waals surface area contributed by atoms with E-state index in [2.05, 4.69) is 63.4 Å². The van der Waals surface area contributed by atoms with Gasteiger partial charge in [0, 0.05) is 10.0 Å². The van der Waals surface area contributed by atoms with Crippen molar-refractivity contribution in [2.24, 2.45) is 0 Å². The first-order chi connectivity index (χ1) is 10.1. The van der Waals surface area contributed by atoms with Crippen molar-refractivity contribution in [1.82, 2.24) is 20.2 Å². The number of nitrogens with zero attached hydrogens (tertiary/aromatic N) is 4. The minimum Gasteiger partial charge on any atom is -0.159 e.